The molecule has 1 fully saturated rings. The molecule has 1 atom stereocenters. The number of sulfone groups is 1. The van der Waals surface area contributed by atoms with Crippen LogP contribution in [0.4, 0.5) is 11.5 Å². The van der Waals surface area contributed by atoms with Gasteiger partial charge in [-0.25, -0.2) is 13.4 Å². The number of nitrogens with zero attached hydrogens (tertiary/aromatic N) is 3. The van der Waals surface area contributed by atoms with Crippen LogP contribution in [0, 0.1) is 25.2 Å². The van der Waals surface area contributed by atoms with Crippen LogP contribution in [0.25, 0.3) is 10.9 Å². The summed E-state index contributed by atoms with van der Waals surface area (Å²) in [6.07, 6.45) is 1.16. The lowest BCUT2D eigenvalue weighted by Gasteiger charge is -2.30. The molecule has 1 N–H and O–H groups in total. The highest BCUT2D eigenvalue weighted by atomic mass is 35.5. The molecule has 0 amide bonds. The van der Waals surface area contributed by atoms with E-state index < -0.39 is 9.84 Å². The van der Waals surface area contributed by atoms with Crippen LogP contribution in [-0.2, 0) is 14.6 Å². The Morgan fingerprint density at radius 3 is 2.56 bits per heavy atom. The van der Waals surface area contributed by atoms with E-state index in [9.17, 15) is 13.7 Å². The SMILES string of the molecule is Cc1cc(C(C)Nc2ccc(Cl)cc2S(C)(=O)=O)c2nc(N3CCOCC3)c(C)c(C#N)c2c1. The van der Waals surface area contributed by atoms with E-state index in [1.807, 2.05) is 32.9 Å². The third-order valence-corrected chi connectivity index (χ3v) is 7.46. The van der Waals surface area contributed by atoms with Gasteiger partial charge in [0.05, 0.1) is 40.9 Å². The monoisotopic (exact) mass is 498 g/mol. The first-order chi connectivity index (χ1) is 16.1. The molecule has 4 rings (SSSR count). The van der Waals surface area contributed by atoms with Crippen LogP contribution < -0.4 is 10.2 Å². The number of morpholine rings is 1. The Morgan fingerprint density at radius 1 is 1.21 bits per heavy atom. The predicted octanol–water partition coefficient (Wildman–Crippen LogP) is 4.79. The van der Waals surface area contributed by atoms with Gasteiger partial charge in [-0.05, 0) is 50.6 Å². The quantitative estimate of drug-likeness (QED) is 0.540. The van der Waals surface area contributed by atoms with E-state index in [2.05, 4.69) is 16.3 Å². The molecule has 2 heterocycles. The van der Waals surface area contributed by atoms with Crippen molar-refractivity contribution in [1.29, 1.82) is 5.26 Å². The average molecular weight is 499 g/mol. The lowest BCUT2D eigenvalue weighted by atomic mass is 9.95. The summed E-state index contributed by atoms with van der Waals surface area (Å²) in [5.41, 5.74) is 4.53. The number of benzene rings is 2. The predicted molar refractivity (Wildman–Crippen MR) is 136 cm³/mol. The minimum Gasteiger partial charge on any atom is -0.378 e. The van der Waals surface area contributed by atoms with Crippen molar-refractivity contribution in [2.24, 2.45) is 0 Å². The van der Waals surface area contributed by atoms with Gasteiger partial charge in [0, 0.05) is 40.9 Å². The zero-order chi connectivity index (χ0) is 24.6. The minimum absolute atomic E-state index is 0.138. The van der Waals surface area contributed by atoms with Crippen molar-refractivity contribution >= 4 is 43.8 Å². The second-order valence-electron chi connectivity index (χ2n) is 8.68. The Balaban J connectivity index is 1.87. The normalized spacial score (nSPS) is 15.2. The molecule has 1 aliphatic heterocycles. The molecule has 0 bridgehead atoms. The second kappa shape index (κ2) is 9.41. The smallest absolute Gasteiger partial charge is 0.177 e. The fraction of sp³-hybridized carbons (Fsp3) is 0.360. The van der Waals surface area contributed by atoms with Gasteiger partial charge in [0.2, 0.25) is 0 Å². The van der Waals surface area contributed by atoms with Gasteiger partial charge >= 0.3 is 0 Å². The maximum absolute atomic E-state index is 12.4. The van der Waals surface area contributed by atoms with Crippen molar-refractivity contribution in [1.82, 2.24) is 4.98 Å². The molecule has 1 unspecified atom stereocenters. The molecule has 3 aromatic rings. The van der Waals surface area contributed by atoms with Crippen LogP contribution in [0.3, 0.4) is 0 Å². The fourth-order valence-electron chi connectivity index (χ4n) is 4.42. The van der Waals surface area contributed by atoms with E-state index in [4.69, 9.17) is 21.3 Å². The number of halogens is 1. The molecule has 9 heteroatoms. The molecule has 1 saturated heterocycles. The van der Waals surface area contributed by atoms with Gasteiger partial charge in [-0.3, -0.25) is 0 Å². The van der Waals surface area contributed by atoms with Crippen LogP contribution in [0.15, 0.2) is 35.2 Å². The highest BCUT2D eigenvalue weighted by Gasteiger charge is 2.23. The van der Waals surface area contributed by atoms with E-state index in [1.165, 1.54) is 6.07 Å². The summed E-state index contributed by atoms with van der Waals surface area (Å²) in [4.78, 5) is 7.33. The maximum atomic E-state index is 12.4. The molecule has 0 spiro atoms. The number of hydrogen-bond donors (Lipinski definition) is 1. The molecule has 178 valence electrons. The van der Waals surface area contributed by atoms with Crippen molar-refractivity contribution in [2.45, 2.75) is 31.7 Å². The Labute approximate surface area is 205 Å². The van der Waals surface area contributed by atoms with Crippen LogP contribution in [0.1, 0.15) is 35.2 Å². The van der Waals surface area contributed by atoms with Crippen molar-refractivity contribution in [3.63, 3.8) is 0 Å². The van der Waals surface area contributed by atoms with Crippen LogP contribution in [0.2, 0.25) is 5.02 Å². The standard InChI is InChI=1S/C25H27ClN4O3S/c1-15-11-19(17(3)28-22-6-5-18(26)13-23(22)34(4,31)32)24-20(12-15)21(14-27)16(2)25(29-24)30-7-9-33-10-8-30/h5-6,11-13,17,28H,7-10H2,1-4H3. The second-order valence-corrected chi connectivity index (χ2v) is 11.1. The van der Waals surface area contributed by atoms with Gasteiger partial charge in [-0.15, -0.1) is 0 Å². The number of anilines is 2. The number of nitriles is 1. The van der Waals surface area contributed by atoms with Crippen molar-refractivity contribution < 1.29 is 13.2 Å². The number of rotatable bonds is 5. The molecule has 2 aromatic carbocycles. The van der Waals surface area contributed by atoms with Gasteiger partial charge < -0.3 is 15.0 Å². The third kappa shape index (κ3) is 4.69. The summed E-state index contributed by atoms with van der Waals surface area (Å²) in [6, 6.07) is 10.9. The Hall–Kier alpha value is -2.86. The summed E-state index contributed by atoms with van der Waals surface area (Å²) in [5, 5.41) is 14.5. The number of nitrogens with one attached hydrogen (secondary N) is 1. The topological polar surface area (TPSA) is 95.3 Å². The van der Waals surface area contributed by atoms with Crippen LogP contribution in [-0.4, -0.2) is 46.0 Å². The lowest BCUT2D eigenvalue weighted by molar-refractivity contribution is 0.122. The minimum atomic E-state index is -3.50. The zero-order valence-electron chi connectivity index (χ0n) is 19.6. The molecule has 0 saturated carbocycles. The Kier molecular flexibility index (Phi) is 6.72. The van der Waals surface area contributed by atoms with E-state index in [0.717, 1.165) is 39.7 Å². The maximum Gasteiger partial charge on any atom is 0.177 e. The highest BCUT2D eigenvalue weighted by Crippen LogP contribution is 2.35. The largest absolute Gasteiger partial charge is 0.378 e. The molecule has 1 aliphatic rings. The average Bonchev–Trinajstić information content (AvgIpc) is 2.79. The van der Waals surface area contributed by atoms with Crippen molar-refractivity contribution in [3.05, 3.63) is 57.6 Å². The summed E-state index contributed by atoms with van der Waals surface area (Å²) < 4.78 is 30.2. The van der Waals surface area contributed by atoms with Gasteiger partial charge in [0.15, 0.2) is 9.84 Å². The molecule has 34 heavy (non-hydrogen) atoms. The van der Waals surface area contributed by atoms with Gasteiger partial charge in [-0.1, -0.05) is 17.7 Å². The number of ether oxygens (including phenoxy) is 1. The molecule has 1 aromatic heterocycles. The van der Waals surface area contributed by atoms with Gasteiger partial charge in [0.25, 0.3) is 0 Å². The fourth-order valence-corrected chi connectivity index (χ4v) is 5.52. The third-order valence-electron chi connectivity index (χ3n) is 6.09. The summed E-state index contributed by atoms with van der Waals surface area (Å²) in [6.45, 7) is 8.52. The van der Waals surface area contributed by atoms with Crippen molar-refractivity contribution in [2.75, 3.05) is 42.8 Å². The number of fused-ring (bicyclic) bond motifs is 1. The number of pyridine rings is 1. The summed E-state index contributed by atoms with van der Waals surface area (Å²) in [7, 11) is -3.50. The molecular weight excluding hydrogens is 472 g/mol. The molecule has 0 aliphatic carbocycles. The molecule has 0 radical (unpaired) electrons. The van der Waals surface area contributed by atoms with E-state index in [0.29, 0.717) is 42.6 Å². The van der Waals surface area contributed by atoms with Crippen molar-refractivity contribution in [3.8, 4) is 6.07 Å². The van der Waals surface area contributed by atoms with Crippen LogP contribution >= 0.6 is 11.6 Å². The molecule has 7 nitrogen and oxygen atoms in total. The Bertz CT molecular complexity index is 1410. The van der Waals surface area contributed by atoms with Gasteiger partial charge in [-0.2, -0.15) is 5.26 Å². The number of aryl methyl sites for hydroxylation is 1. The Morgan fingerprint density at radius 2 is 1.91 bits per heavy atom. The lowest BCUT2D eigenvalue weighted by Crippen LogP contribution is -2.37. The van der Waals surface area contributed by atoms with Crippen LogP contribution in [0.5, 0.6) is 0 Å². The summed E-state index contributed by atoms with van der Waals surface area (Å²) >= 11 is 6.07. The summed E-state index contributed by atoms with van der Waals surface area (Å²) in [5.74, 6) is 0.785. The first-order valence-electron chi connectivity index (χ1n) is 11.0. The van der Waals surface area contributed by atoms with E-state index in [-0.39, 0.29) is 10.9 Å². The molecular formula is C25H27ClN4O3S. The zero-order valence-corrected chi connectivity index (χ0v) is 21.2. The first kappa shape index (κ1) is 24.3. The number of hydrogen-bond acceptors (Lipinski definition) is 7. The highest BCUT2D eigenvalue weighted by molar-refractivity contribution is 7.90. The van der Waals surface area contributed by atoms with E-state index >= 15 is 0 Å². The van der Waals surface area contributed by atoms with E-state index in [1.54, 1.807) is 12.1 Å². The first-order valence-corrected chi connectivity index (χ1v) is 13.3. The van der Waals surface area contributed by atoms with Gasteiger partial charge in [0.1, 0.15) is 11.9 Å². The number of aromatic nitrogens is 1.